The van der Waals surface area contributed by atoms with Crippen molar-refractivity contribution in [1.29, 1.82) is 0 Å². The Hall–Kier alpha value is -4.16. The van der Waals surface area contributed by atoms with Gasteiger partial charge in [-0.3, -0.25) is 5.10 Å². The van der Waals surface area contributed by atoms with Crippen LogP contribution in [0.25, 0.3) is 0 Å². The number of nitrogens with one attached hydrogen (secondary N) is 2. The van der Waals surface area contributed by atoms with E-state index in [2.05, 4.69) is 30.7 Å². The fourth-order valence-electron chi connectivity index (χ4n) is 4.63. The monoisotopic (exact) mass is 517 g/mol. The number of nitrogen functional groups attached to an aromatic ring is 1. The summed E-state index contributed by atoms with van der Waals surface area (Å²) in [5.41, 5.74) is 4.66. The minimum atomic E-state index is -4.81. The van der Waals surface area contributed by atoms with E-state index in [9.17, 15) is 17.6 Å². The molecule has 1 fully saturated rings. The summed E-state index contributed by atoms with van der Waals surface area (Å²) in [4.78, 5) is 4.45. The lowest BCUT2D eigenvalue weighted by Gasteiger charge is -2.37. The molecule has 0 atom stereocenters. The number of rotatable bonds is 7. The van der Waals surface area contributed by atoms with Gasteiger partial charge in [0.25, 0.3) is 0 Å². The quantitative estimate of drug-likeness (QED) is 0.287. The molecule has 9 nitrogen and oxygen atoms in total. The fourth-order valence-corrected chi connectivity index (χ4v) is 4.63. The van der Waals surface area contributed by atoms with Crippen molar-refractivity contribution in [2.24, 2.45) is 0 Å². The van der Waals surface area contributed by atoms with Crippen LogP contribution >= 0.6 is 0 Å². The Morgan fingerprint density at radius 1 is 1.14 bits per heavy atom. The minimum Gasteiger partial charge on any atom is -0.487 e. The molecule has 0 aliphatic heterocycles. The van der Waals surface area contributed by atoms with E-state index in [1.807, 2.05) is 12.1 Å². The molecule has 13 heteroatoms. The summed E-state index contributed by atoms with van der Waals surface area (Å²) in [5, 5.41) is 17.7. The second kappa shape index (κ2) is 9.71. The van der Waals surface area contributed by atoms with E-state index in [0.29, 0.717) is 55.7 Å². The molecule has 0 spiro atoms. The zero-order valence-corrected chi connectivity index (χ0v) is 19.4. The van der Waals surface area contributed by atoms with Crippen molar-refractivity contribution in [3.63, 3.8) is 0 Å². The number of pyridine rings is 1. The lowest BCUT2D eigenvalue weighted by Crippen LogP contribution is -2.38. The Balaban J connectivity index is 1.31. The number of benzene rings is 1. The van der Waals surface area contributed by atoms with Gasteiger partial charge in [0.1, 0.15) is 11.6 Å². The summed E-state index contributed by atoms with van der Waals surface area (Å²) in [6, 6.07) is 8.50. The van der Waals surface area contributed by atoms with Gasteiger partial charge >= 0.3 is 12.2 Å². The SMILES string of the molecule is Nc1nnc(C2(Cc3ccc(Nc4ccn[nH]4)nc3)CCC(Oc3cccc(C(F)(F)F)c3F)CC2)o1. The number of alkyl halides is 3. The van der Waals surface area contributed by atoms with Gasteiger partial charge in [0.2, 0.25) is 5.89 Å². The maximum Gasteiger partial charge on any atom is 0.419 e. The van der Waals surface area contributed by atoms with Gasteiger partial charge in [-0.25, -0.2) is 9.37 Å². The molecule has 37 heavy (non-hydrogen) atoms. The molecule has 4 N–H and O–H groups in total. The predicted molar refractivity (Wildman–Crippen MR) is 124 cm³/mol. The molecule has 0 bridgehead atoms. The molecule has 0 saturated heterocycles. The van der Waals surface area contributed by atoms with Crippen molar-refractivity contribution in [1.82, 2.24) is 25.4 Å². The van der Waals surface area contributed by atoms with Crippen molar-refractivity contribution < 1.29 is 26.7 Å². The molecule has 4 aromatic rings. The lowest BCUT2D eigenvalue weighted by molar-refractivity contribution is -0.140. The van der Waals surface area contributed by atoms with Gasteiger partial charge in [-0.05, 0) is 55.9 Å². The average molecular weight is 517 g/mol. The third kappa shape index (κ3) is 5.34. The molecule has 1 saturated carbocycles. The lowest BCUT2D eigenvalue weighted by atomic mass is 9.69. The van der Waals surface area contributed by atoms with E-state index in [4.69, 9.17) is 14.9 Å². The number of ether oxygens (including phenoxy) is 1. The number of halogens is 4. The molecule has 1 aliphatic rings. The van der Waals surface area contributed by atoms with Crippen molar-refractivity contribution in [2.75, 3.05) is 11.1 Å². The van der Waals surface area contributed by atoms with Crippen LogP contribution in [0.3, 0.4) is 0 Å². The first-order valence-electron chi connectivity index (χ1n) is 11.5. The van der Waals surface area contributed by atoms with Crippen LogP contribution in [0.2, 0.25) is 0 Å². The zero-order chi connectivity index (χ0) is 26.0. The standard InChI is InChI=1S/C24H23F4N7O2/c25-20-16(24(26,27)28)2-1-3-17(20)36-15-6-9-23(10-7-15,21-34-35-22(29)37-21)12-14-4-5-18(30-13-14)32-19-8-11-31-33-19/h1-5,8,11,13,15H,6-7,9-10,12H2,(H2,29,35)(H2,30,31,32,33). The predicted octanol–water partition coefficient (Wildman–Crippen LogP) is 5.17. The highest BCUT2D eigenvalue weighted by molar-refractivity contribution is 5.50. The molecule has 5 rings (SSSR count). The van der Waals surface area contributed by atoms with Gasteiger partial charge in [-0.1, -0.05) is 17.2 Å². The van der Waals surface area contributed by atoms with E-state index in [-0.39, 0.29) is 6.01 Å². The number of aromatic nitrogens is 5. The second-order valence-corrected chi connectivity index (χ2v) is 8.98. The first kappa shape index (κ1) is 24.5. The number of nitrogens with zero attached hydrogens (tertiary/aromatic N) is 4. The van der Waals surface area contributed by atoms with Crippen LogP contribution in [0.5, 0.6) is 5.75 Å². The summed E-state index contributed by atoms with van der Waals surface area (Å²) < 4.78 is 65.0. The van der Waals surface area contributed by atoms with Crippen molar-refractivity contribution >= 4 is 17.7 Å². The topological polar surface area (TPSA) is 128 Å². The molecule has 0 unspecified atom stereocenters. The Bertz CT molecular complexity index is 1330. The molecule has 3 heterocycles. The van der Waals surface area contributed by atoms with Crippen LogP contribution in [0.15, 0.2) is 53.2 Å². The number of aromatic amines is 1. The third-order valence-corrected chi connectivity index (χ3v) is 6.48. The summed E-state index contributed by atoms with van der Waals surface area (Å²) in [6.45, 7) is 0. The molecule has 1 aliphatic carbocycles. The molecular weight excluding hydrogens is 494 g/mol. The van der Waals surface area contributed by atoms with E-state index < -0.39 is 34.8 Å². The number of anilines is 3. The molecule has 0 radical (unpaired) electrons. The average Bonchev–Trinajstić information content (AvgIpc) is 3.54. The van der Waals surface area contributed by atoms with Crippen LogP contribution < -0.4 is 15.8 Å². The van der Waals surface area contributed by atoms with E-state index in [1.54, 1.807) is 18.5 Å². The molecule has 3 aromatic heterocycles. The van der Waals surface area contributed by atoms with Crippen molar-refractivity contribution in [3.8, 4) is 5.75 Å². The zero-order valence-electron chi connectivity index (χ0n) is 19.4. The number of nitrogens with two attached hydrogens (primary N) is 1. The minimum absolute atomic E-state index is 0.0592. The van der Waals surface area contributed by atoms with Crippen LogP contribution in [0.1, 0.15) is 42.7 Å². The largest absolute Gasteiger partial charge is 0.487 e. The molecule has 1 aromatic carbocycles. The van der Waals surface area contributed by atoms with Crippen molar-refractivity contribution in [2.45, 2.75) is 49.8 Å². The normalized spacial score (nSPS) is 20.1. The van der Waals surface area contributed by atoms with E-state index in [0.717, 1.165) is 11.6 Å². The molecular formula is C24H23F4N7O2. The Labute approximate surface area is 208 Å². The smallest absolute Gasteiger partial charge is 0.419 e. The number of hydrogen-bond donors (Lipinski definition) is 3. The highest BCUT2D eigenvalue weighted by Crippen LogP contribution is 2.43. The molecule has 194 valence electrons. The van der Waals surface area contributed by atoms with Gasteiger partial charge < -0.3 is 20.2 Å². The van der Waals surface area contributed by atoms with Crippen LogP contribution in [0.4, 0.5) is 35.2 Å². The van der Waals surface area contributed by atoms with Gasteiger partial charge in [-0.15, -0.1) is 5.10 Å². The highest BCUT2D eigenvalue weighted by atomic mass is 19.4. The Morgan fingerprint density at radius 3 is 2.57 bits per heavy atom. The Morgan fingerprint density at radius 2 is 1.95 bits per heavy atom. The fraction of sp³-hybridized carbons (Fsp3) is 0.333. The molecule has 0 amide bonds. The van der Waals surface area contributed by atoms with Crippen LogP contribution in [-0.2, 0) is 18.0 Å². The van der Waals surface area contributed by atoms with Gasteiger partial charge in [0.15, 0.2) is 11.6 Å². The van der Waals surface area contributed by atoms with Gasteiger partial charge in [-0.2, -0.15) is 18.3 Å². The van der Waals surface area contributed by atoms with Crippen LogP contribution in [0, 0.1) is 5.82 Å². The first-order valence-corrected chi connectivity index (χ1v) is 11.5. The summed E-state index contributed by atoms with van der Waals surface area (Å²) in [7, 11) is 0. The maximum absolute atomic E-state index is 14.5. The Kier molecular flexibility index (Phi) is 6.44. The van der Waals surface area contributed by atoms with Crippen molar-refractivity contribution in [3.05, 3.63) is 71.6 Å². The second-order valence-electron chi connectivity index (χ2n) is 8.98. The van der Waals surface area contributed by atoms with E-state index in [1.165, 1.54) is 6.07 Å². The van der Waals surface area contributed by atoms with Crippen LogP contribution in [-0.4, -0.2) is 31.5 Å². The van der Waals surface area contributed by atoms with Gasteiger partial charge in [0.05, 0.1) is 23.3 Å². The van der Waals surface area contributed by atoms with Gasteiger partial charge in [0, 0.05) is 12.3 Å². The maximum atomic E-state index is 14.5. The summed E-state index contributed by atoms with van der Waals surface area (Å²) in [5.74, 6) is -0.128. The summed E-state index contributed by atoms with van der Waals surface area (Å²) in [6.07, 6.45) is 0.471. The number of H-pyrrole nitrogens is 1. The third-order valence-electron chi connectivity index (χ3n) is 6.48. The summed E-state index contributed by atoms with van der Waals surface area (Å²) >= 11 is 0. The number of hydrogen-bond acceptors (Lipinski definition) is 8. The first-order chi connectivity index (χ1) is 17.7. The van der Waals surface area contributed by atoms with E-state index >= 15 is 0 Å². The highest BCUT2D eigenvalue weighted by Gasteiger charge is 2.43.